The van der Waals surface area contributed by atoms with E-state index in [1.807, 2.05) is 43.3 Å². The van der Waals surface area contributed by atoms with Gasteiger partial charge in [0.2, 0.25) is 0 Å². The molecule has 0 bridgehead atoms. The molecule has 2 aromatic rings. The molecule has 0 radical (unpaired) electrons. The lowest BCUT2D eigenvalue weighted by molar-refractivity contribution is 0.123. The average molecular weight is 393 g/mol. The number of allylic oxidation sites excluding steroid dienone is 3. The molecule has 1 aliphatic rings. The van der Waals surface area contributed by atoms with Gasteiger partial charge >= 0.3 is 0 Å². The normalized spacial score (nSPS) is 14.9. The summed E-state index contributed by atoms with van der Waals surface area (Å²) in [7, 11) is 0. The Bertz CT molecular complexity index is 905. The number of nitrogens with zero attached hydrogens (tertiary/aromatic N) is 2. The zero-order chi connectivity index (χ0) is 18.8. The van der Waals surface area contributed by atoms with Crippen LogP contribution in [0.3, 0.4) is 0 Å². The molecule has 26 heavy (non-hydrogen) atoms. The second-order valence-electron chi connectivity index (χ2n) is 5.89. The first-order valence-electron chi connectivity index (χ1n) is 7.93. The highest BCUT2D eigenvalue weighted by atomic mass is 35.5. The number of rotatable bonds is 4. The Hall–Kier alpha value is -2.17. The van der Waals surface area contributed by atoms with Crippen molar-refractivity contribution in [3.63, 3.8) is 0 Å². The van der Waals surface area contributed by atoms with Gasteiger partial charge in [-0.3, -0.25) is 4.98 Å². The summed E-state index contributed by atoms with van der Waals surface area (Å²) in [6, 6.07) is 11.1. The molecule has 0 saturated carbocycles. The summed E-state index contributed by atoms with van der Waals surface area (Å²) in [6.45, 7) is 5.31. The fourth-order valence-electron chi connectivity index (χ4n) is 2.88. The van der Waals surface area contributed by atoms with Crippen LogP contribution in [-0.2, 0) is 0 Å². The van der Waals surface area contributed by atoms with Gasteiger partial charge in [-0.05, 0) is 30.2 Å². The Balaban J connectivity index is 2.31. The van der Waals surface area contributed by atoms with Crippen LogP contribution in [0, 0.1) is 0 Å². The molecule has 0 unspecified atom stereocenters. The van der Waals surface area contributed by atoms with E-state index in [0.29, 0.717) is 27.1 Å². The molecule has 0 N–H and O–H groups in total. The SMILES string of the molecule is C=C1C(C)=CC(c2ccccc2)=C(c2ncc(Cl)cc2Cl)N1CC(F)F. The van der Waals surface area contributed by atoms with E-state index in [2.05, 4.69) is 11.6 Å². The zero-order valence-corrected chi connectivity index (χ0v) is 15.5. The summed E-state index contributed by atoms with van der Waals surface area (Å²) in [5.41, 5.74) is 3.81. The van der Waals surface area contributed by atoms with Crippen molar-refractivity contribution in [2.75, 3.05) is 6.54 Å². The third-order valence-electron chi connectivity index (χ3n) is 4.10. The van der Waals surface area contributed by atoms with E-state index < -0.39 is 13.0 Å². The van der Waals surface area contributed by atoms with E-state index in [0.717, 1.165) is 16.7 Å². The van der Waals surface area contributed by atoms with Crippen LogP contribution in [0.4, 0.5) is 8.78 Å². The number of hydrogen-bond donors (Lipinski definition) is 0. The van der Waals surface area contributed by atoms with Crippen LogP contribution >= 0.6 is 23.2 Å². The van der Waals surface area contributed by atoms with E-state index in [-0.39, 0.29) is 0 Å². The number of pyridine rings is 1. The molecule has 1 aromatic carbocycles. The van der Waals surface area contributed by atoms with Crippen molar-refractivity contribution in [1.29, 1.82) is 0 Å². The Morgan fingerprint density at radius 2 is 1.88 bits per heavy atom. The highest BCUT2D eigenvalue weighted by Gasteiger charge is 2.29. The number of benzene rings is 1. The third-order valence-corrected chi connectivity index (χ3v) is 4.60. The van der Waals surface area contributed by atoms with E-state index in [9.17, 15) is 8.78 Å². The minimum Gasteiger partial charge on any atom is -0.334 e. The quantitative estimate of drug-likeness (QED) is 0.606. The lowest BCUT2D eigenvalue weighted by Crippen LogP contribution is -2.30. The number of alkyl halides is 2. The molecule has 6 heteroatoms. The lowest BCUT2D eigenvalue weighted by Gasteiger charge is -2.34. The van der Waals surface area contributed by atoms with Crippen LogP contribution in [-0.4, -0.2) is 22.9 Å². The maximum Gasteiger partial charge on any atom is 0.256 e. The largest absolute Gasteiger partial charge is 0.334 e. The van der Waals surface area contributed by atoms with Crippen molar-refractivity contribution < 1.29 is 8.78 Å². The zero-order valence-electron chi connectivity index (χ0n) is 14.0. The summed E-state index contributed by atoms with van der Waals surface area (Å²) in [5.74, 6) is 0. The molecular formula is C20H16Cl2F2N2. The molecule has 0 spiro atoms. The summed E-state index contributed by atoms with van der Waals surface area (Å²) in [5, 5.41) is 0.670. The maximum atomic E-state index is 13.3. The minimum atomic E-state index is -2.55. The second kappa shape index (κ2) is 7.60. The van der Waals surface area contributed by atoms with Crippen LogP contribution in [0.1, 0.15) is 18.2 Å². The van der Waals surface area contributed by atoms with Crippen molar-refractivity contribution in [2.24, 2.45) is 0 Å². The van der Waals surface area contributed by atoms with Gasteiger partial charge in [0.1, 0.15) is 5.69 Å². The van der Waals surface area contributed by atoms with E-state index in [1.54, 1.807) is 6.07 Å². The van der Waals surface area contributed by atoms with Crippen LogP contribution in [0.2, 0.25) is 10.0 Å². The van der Waals surface area contributed by atoms with Gasteiger partial charge in [-0.2, -0.15) is 0 Å². The van der Waals surface area contributed by atoms with Gasteiger partial charge in [0.25, 0.3) is 6.43 Å². The van der Waals surface area contributed by atoms with Gasteiger partial charge in [-0.1, -0.05) is 60.1 Å². The molecule has 1 aromatic heterocycles. The van der Waals surface area contributed by atoms with E-state index in [4.69, 9.17) is 23.2 Å². The molecule has 2 heterocycles. The highest BCUT2D eigenvalue weighted by Crippen LogP contribution is 2.41. The molecule has 1 aliphatic heterocycles. The summed E-state index contributed by atoms with van der Waals surface area (Å²) >= 11 is 12.3. The highest BCUT2D eigenvalue weighted by molar-refractivity contribution is 6.35. The molecule has 0 atom stereocenters. The van der Waals surface area contributed by atoms with Crippen molar-refractivity contribution in [1.82, 2.24) is 9.88 Å². The fraction of sp³-hybridized carbons (Fsp3) is 0.150. The van der Waals surface area contributed by atoms with Crippen molar-refractivity contribution >= 4 is 34.5 Å². The lowest BCUT2D eigenvalue weighted by atomic mass is 9.93. The van der Waals surface area contributed by atoms with Crippen molar-refractivity contribution in [3.8, 4) is 0 Å². The predicted octanol–water partition coefficient (Wildman–Crippen LogP) is 6.30. The summed E-state index contributed by atoms with van der Waals surface area (Å²) < 4.78 is 26.6. The van der Waals surface area contributed by atoms with Crippen LogP contribution in [0.15, 0.2) is 66.5 Å². The van der Waals surface area contributed by atoms with Crippen LogP contribution < -0.4 is 0 Å². The first-order valence-corrected chi connectivity index (χ1v) is 8.68. The molecule has 0 fully saturated rings. The van der Waals surface area contributed by atoms with Gasteiger partial charge in [0.15, 0.2) is 0 Å². The Morgan fingerprint density at radius 1 is 1.19 bits per heavy atom. The standard InChI is InChI=1S/C20H16Cl2F2N2/c1-12-8-16(14-6-4-3-5-7-14)20(26(13(12)2)11-18(23)24)19-17(22)9-15(21)10-25-19/h3-10,18H,2,11H2,1H3. The maximum absolute atomic E-state index is 13.3. The molecular weight excluding hydrogens is 377 g/mol. The Morgan fingerprint density at radius 3 is 2.50 bits per heavy atom. The van der Waals surface area contributed by atoms with Gasteiger partial charge in [-0.15, -0.1) is 0 Å². The number of hydrogen-bond acceptors (Lipinski definition) is 2. The first-order chi connectivity index (χ1) is 12.4. The second-order valence-corrected chi connectivity index (χ2v) is 6.73. The van der Waals surface area contributed by atoms with Gasteiger partial charge in [-0.25, -0.2) is 8.78 Å². The van der Waals surface area contributed by atoms with Crippen molar-refractivity contribution in [3.05, 3.63) is 87.8 Å². The third kappa shape index (κ3) is 3.67. The average Bonchev–Trinajstić information content (AvgIpc) is 2.60. The summed E-state index contributed by atoms with van der Waals surface area (Å²) in [6.07, 6.45) is 0.824. The first kappa shape index (κ1) is 18.6. The number of halogens is 4. The molecule has 0 amide bonds. The van der Waals surface area contributed by atoms with Crippen LogP contribution in [0.5, 0.6) is 0 Å². The molecule has 3 rings (SSSR count). The smallest absolute Gasteiger partial charge is 0.256 e. The topological polar surface area (TPSA) is 16.1 Å². The minimum absolute atomic E-state index is 0.293. The van der Waals surface area contributed by atoms with Crippen LogP contribution in [0.25, 0.3) is 11.3 Å². The molecule has 134 valence electrons. The molecule has 2 nitrogen and oxygen atoms in total. The molecule has 0 saturated heterocycles. The van der Waals surface area contributed by atoms with Gasteiger partial charge in [0, 0.05) is 17.5 Å². The monoisotopic (exact) mass is 392 g/mol. The Labute approximate surface area is 161 Å². The predicted molar refractivity (Wildman–Crippen MR) is 103 cm³/mol. The van der Waals surface area contributed by atoms with Gasteiger partial charge < -0.3 is 4.90 Å². The fourth-order valence-corrected chi connectivity index (χ4v) is 3.35. The summed E-state index contributed by atoms with van der Waals surface area (Å²) in [4.78, 5) is 5.79. The van der Waals surface area contributed by atoms with Gasteiger partial charge in [0.05, 0.1) is 22.3 Å². The Kier molecular flexibility index (Phi) is 5.44. The van der Waals surface area contributed by atoms with Crippen molar-refractivity contribution in [2.45, 2.75) is 13.3 Å². The van der Waals surface area contributed by atoms with E-state index in [1.165, 1.54) is 11.1 Å². The molecule has 0 aliphatic carbocycles. The number of aromatic nitrogens is 1. The van der Waals surface area contributed by atoms with E-state index >= 15 is 0 Å².